The van der Waals surface area contributed by atoms with Crippen molar-refractivity contribution >= 4 is 6.29 Å². The topological polar surface area (TPSA) is 37.3 Å². The van der Waals surface area contributed by atoms with Crippen LogP contribution in [-0.4, -0.2) is 18.0 Å². The first kappa shape index (κ1) is 10.6. The minimum Gasteiger partial charge on any atom is -0.392 e. The second kappa shape index (κ2) is 6.31. The van der Waals surface area contributed by atoms with Gasteiger partial charge in [-0.1, -0.05) is 37.5 Å². The third-order valence-electron chi connectivity index (χ3n) is 1.31. The molecule has 0 fully saturated rings. The number of aliphatic hydroxyl groups is 1. The fraction of sp³-hybridized carbons (Fsp3) is 0.100. The van der Waals surface area contributed by atoms with E-state index < -0.39 is 0 Å². The summed E-state index contributed by atoms with van der Waals surface area (Å²) in [4.78, 5) is 10.3. The molecule has 0 aliphatic carbocycles. The summed E-state index contributed by atoms with van der Waals surface area (Å²) >= 11 is 0. The van der Waals surface area contributed by atoms with E-state index in [9.17, 15) is 4.79 Å². The summed E-state index contributed by atoms with van der Waals surface area (Å²) in [5.41, 5.74) is 1.14. The second-order valence-electron chi connectivity index (χ2n) is 2.09. The van der Waals surface area contributed by atoms with Gasteiger partial charge >= 0.3 is 0 Å². The van der Waals surface area contributed by atoms with E-state index in [2.05, 4.69) is 13.2 Å². The molecule has 0 unspecified atom stereocenters. The summed E-state index contributed by atoms with van der Waals surface area (Å²) in [5, 5.41) is 8.70. The summed E-state index contributed by atoms with van der Waals surface area (Å²) in [7, 11) is 0. The van der Waals surface area contributed by atoms with Crippen LogP contribution in [0.4, 0.5) is 0 Å². The molecular formula is C10H12O2. The Labute approximate surface area is 72.2 Å². The van der Waals surface area contributed by atoms with Gasteiger partial charge in [0.1, 0.15) is 6.29 Å². The quantitative estimate of drug-likeness (QED) is 0.379. The van der Waals surface area contributed by atoms with Crippen molar-refractivity contribution in [3.05, 3.63) is 48.6 Å². The van der Waals surface area contributed by atoms with Gasteiger partial charge in [-0.25, -0.2) is 0 Å². The minimum absolute atomic E-state index is 0.0801. The lowest BCUT2D eigenvalue weighted by atomic mass is 10.2. The van der Waals surface area contributed by atoms with E-state index in [0.29, 0.717) is 17.4 Å². The van der Waals surface area contributed by atoms with Crippen molar-refractivity contribution in [2.45, 2.75) is 0 Å². The Morgan fingerprint density at radius 2 is 1.92 bits per heavy atom. The summed E-state index contributed by atoms with van der Waals surface area (Å²) in [5.74, 6) is 0. The van der Waals surface area contributed by atoms with Crippen LogP contribution in [-0.2, 0) is 4.79 Å². The van der Waals surface area contributed by atoms with Crippen molar-refractivity contribution in [1.82, 2.24) is 0 Å². The molecule has 2 nitrogen and oxygen atoms in total. The third kappa shape index (κ3) is 3.68. The molecule has 0 radical (unpaired) electrons. The van der Waals surface area contributed by atoms with Gasteiger partial charge in [0, 0.05) is 5.57 Å². The van der Waals surface area contributed by atoms with Gasteiger partial charge < -0.3 is 5.11 Å². The van der Waals surface area contributed by atoms with Crippen LogP contribution in [0, 0.1) is 0 Å². The Balaban J connectivity index is 4.51. The highest BCUT2D eigenvalue weighted by atomic mass is 16.3. The van der Waals surface area contributed by atoms with E-state index in [1.165, 1.54) is 12.2 Å². The first-order chi connectivity index (χ1) is 5.78. The highest BCUT2D eigenvalue weighted by molar-refractivity contribution is 5.77. The zero-order chi connectivity index (χ0) is 9.40. The van der Waals surface area contributed by atoms with Crippen molar-refractivity contribution in [3.63, 3.8) is 0 Å². The Morgan fingerprint density at radius 1 is 1.25 bits per heavy atom. The number of aliphatic hydroxyl groups excluding tert-OH is 1. The van der Waals surface area contributed by atoms with E-state index in [-0.39, 0.29) is 6.61 Å². The lowest BCUT2D eigenvalue weighted by Crippen LogP contribution is -1.84. The molecule has 0 aromatic carbocycles. The minimum atomic E-state index is -0.0801. The van der Waals surface area contributed by atoms with Crippen LogP contribution in [0.2, 0.25) is 0 Å². The summed E-state index contributed by atoms with van der Waals surface area (Å²) in [6.45, 7) is 6.85. The molecule has 2 heteroatoms. The van der Waals surface area contributed by atoms with Crippen molar-refractivity contribution < 1.29 is 9.90 Å². The highest BCUT2D eigenvalue weighted by Gasteiger charge is 1.86. The summed E-state index contributed by atoms with van der Waals surface area (Å²) in [6, 6.07) is 0. The van der Waals surface area contributed by atoms with Gasteiger partial charge in [-0.15, -0.1) is 0 Å². The normalized spacial score (nSPS) is 12.4. The van der Waals surface area contributed by atoms with E-state index >= 15 is 0 Å². The second-order valence-corrected chi connectivity index (χ2v) is 2.09. The monoisotopic (exact) mass is 164 g/mol. The maximum atomic E-state index is 10.3. The molecule has 0 spiro atoms. The maximum absolute atomic E-state index is 10.3. The number of hydrogen-bond acceptors (Lipinski definition) is 2. The van der Waals surface area contributed by atoms with Crippen LogP contribution < -0.4 is 0 Å². The summed E-state index contributed by atoms with van der Waals surface area (Å²) in [6.07, 6.45) is 6.87. The molecule has 0 atom stereocenters. The molecule has 0 saturated heterocycles. The Hall–Kier alpha value is -1.41. The van der Waals surface area contributed by atoms with E-state index in [4.69, 9.17) is 5.11 Å². The van der Waals surface area contributed by atoms with Crippen molar-refractivity contribution in [2.75, 3.05) is 6.61 Å². The van der Waals surface area contributed by atoms with E-state index in [0.717, 1.165) is 0 Å². The van der Waals surface area contributed by atoms with Crippen molar-refractivity contribution in [1.29, 1.82) is 0 Å². The first-order valence-electron chi connectivity index (χ1n) is 3.50. The van der Waals surface area contributed by atoms with Crippen LogP contribution in [0.1, 0.15) is 0 Å². The Bertz CT molecular complexity index is 224. The van der Waals surface area contributed by atoms with Crippen LogP contribution in [0.3, 0.4) is 0 Å². The molecule has 0 aromatic heterocycles. The largest absolute Gasteiger partial charge is 0.392 e. The van der Waals surface area contributed by atoms with Crippen LogP contribution in [0.5, 0.6) is 0 Å². The number of carbonyl (C=O) groups excluding carboxylic acids is 1. The molecule has 0 aliphatic rings. The van der Waals surface area contributed by atoms with Gasteiger partial charge in [-0.05, 0) is 5.57 Å². The molecule has 0 aromatic rings. The molecule has 12 heavy (non-hydrogen) atoms. The number of rotatable bonds is 5. The van der Waals surface area contributed by atoms with Gasteiger partial charge in [0.2, 0.25) is 0 Å². The number of carbonyl (C=O) groups is 1. The summed E-state index contributed by atoms with van der Waals surface area (Å²) < 4.78 is 0. The predicted molar refractivity (Wildman–Crippen MR) is 49.7 cm³/mol. The van der Waals surface area contributed by atoms with Gasteiger partial charge in [-0.3, -0.25) is 4.79 Å². The standard InChI is InChI=1S/C10H12O2/c1-3-9(7-11)5-6-10(4-2)8-12/h3-7,12H,1-2,8H2/b9-5+,10-6+. The fourth-order valence-electron chi connectivity index (χ4n) is 0.544. The molecule has 0 bridgehead atoms. The van der Waals surface area contributed by atoms with Crippen molar-refractivity contribution in [2.24, 2.45) is 0 Å². The maximum Gasteiger partial charge on any atom is 0.150 e. The number of hydrogen-bond donors (Lipinski definition) is 1. The van der Waals surface area contributed by atoms with Gasteiger partial charge in [-0.2, -0.15) is 0 Å². The van der Waals surface area contributed by atoms with Gasteiger partial charge in [0.25, 0.3) is 0 Å². The number of allylic oxidation sites excluding steroid dienone is 4. The molecular weight excluding hydrogens is 152 g/mol. The SMILES string of the molecule is C=C/C(C=O)=C\C=C(/C=C)CO. The van der Waals surface area contributed by atoms with E-state index in [1.54, 1.807) is 12.2 Å². The Morgan fingerprint density at radius 3 is 2.25 bits per heavy atom. The van der Waals surface area contributed by atoms with Crippen LogP contribution >= 0.6 is 0 Å². The molecule has 0 heterocycles. The number of aldehydes is 1. The highest BCUT2D eigenvalue weighted by Crippen LogP contribution is 1.97. The molecule has 0 amide bonds. The zero-order valence-corrected chi connectivity index (χ0v) is 6.86. The van der Waals surface area contributed by atoms with Crippen LogP contribution in [0.25, 0.3) is 0 Å². The van der Waals surface area contributed by atoms with Crippen molar-refractivity contribution in [3.8, 4) is 0 Å². The Kier molecular flexibility index (Phi) is 5.57. The molecule has 0 aliphatic heterocycles. The average Bonchev–Trinajstić information content (AvgIpc) is 2.13. The fourth-order valence-corrected chi connectivity index (χ4v) is 0.544. The molecule has 1 N–H and O–H groups in total. The average molecular weight is 164 g/mol. The van der Waals surface area contributed by atoms with Gasteiger partial charge in [0.15, 0.2) is 0 Å². The predicted octanol–water partition coefficient (Wildman–Crippen LogP) is 1.40. The third-order valence-corrected chi connectivity index (χ3v) is 1.31. The van der Waals surface area contributed by atoms with E-state index in [1.807, 2.05) is 0 Å². The molecule has 0 saturated carbocycles. The van der Waals surface area contributed by atoms with Gasteiger partial charge in [0.05, 0.1) is 6.61 Å². The van der Waals surface area contributed by atoms with Crippen LogP contribution in [0.15, 0.2) is 48.6 Å². The molecule has 64 valence electrons. The smallest absolute Gasteiger partial charge is 0.150 e. The molecule has 0 rings (SSSR count). The lowest BCUT2D eigenvalue weighted by molar-refractivity contribution is -0.104. The zero-order valence-electron chi connectivity index (χ0n) is 6.86. The first-order valence-corrected chi connectivity index (χ1v) is 3.50. The lowest BCUT2D eigenvalue weighted by Gasteiger charge is -1.91.